The molecule has 0 fully saturated rings. The van der Waals surface area contributed by atoms with E-state index in [1.807, 2.05) is 6.07 Å². The van der Waals surface area contributed by atoms with E-state index >= 15 is 0 Å². The van der Waals surface area contributed by atoms with Crippen molar-refractivity contribution in [3.63, 3.8) is 0 Å². The molecule has 0 spiro atoms. The van der Waals surface area contributed by atoms with Gasteiger partial charge in [0.15, 0.2) is 5.78 Å². The topological polar surface area (TPSA) is 35.5 Å². The fourth-order valence-corrected chi connectivity index (χ4v) is 2.87. The zero-order valence-corrected chi connectivity index (χ0v) is 16.2. The van der Waals surface area contributed by atoms with Crippen LogP contribution in [0.5, 0.6) is 11.5 Å². The molecular formula is C23H17ClF2O3. The first-order valence-electron chi connectivity index (χ1n) is 8.69. The molecule has 0 heterocycles. The second-order valence-electron chi connectivity index (χ2n) is 6.14. The van der Waals surface area contributed by atoms with Gasteiger partial charge in [-0.1, -0.05) is 23.7 Å². The molecule has 3 rings (SSSR count). The number of methoxy groups -OCH3 is 1. The third-order valence-corrected chi connectivity index (χ3v) is 4.43. The van der Waals surface area contributed by atoms with Crippen molar-refractivity contribution in [2.45, 2.75) is 6.61 Å². The normalized spacial score (nSPS) is 10.9. The maximum absolute atomic E-state index is 13.2. The Morgan fingerprint density at radius 1 is 0.966 bits per heavy atom. The van der Waals surface area contributed by atoms with Crippen LogP contribution in [0.3, 0.4) is 0 Å². The van der Waals surface area contributed by atoms with Crippen molar-refractivity contribution in [1.29, 1.82) is 0 Å². The molecule has 0 atom stereocenters. The average molecular weight is 415 g/mol. The molecule has 0 aromatic heterocycles. The molecule has 0 N–H and O–H groups in total. The maximum atomic E-state index is 13.2. The molecule has 0 aliphatic heterocycles. The highest BCUT2D eigenvalue weighted by Gasteiger charge is 2.08. The minimum Gasteiger partial charge on any atom is -0.496 e. The molecule has 3 aromatic carbocycles. The van der Waals surface area contributed by atoms with Gasteiger partial charge >= 0.3 is 0 Å². The summed E-state index contributed by atoms with van der Waals surface area (Å²) in [6, 6.07) is 14.6. The number of benzene rings is 3. The number of halogens is 3. The van der Waals surface area contributed by atoms with Gasteiger partial charge < -0.3 is 9.47 Å². The summed E-state index contributed by atoms with van der Waals surface area (Å²) in [4.78, 5) is 12.2. The highest BCUT2D eigenvalue weighted by molar-refractivity contribution is 6.32. The van der Waals surface area contributed by atoms with Crippen molar-refractivity contribution in [2.24, 2.45) is 0 Å². The van der Waals surface area contributed by atoms with E-state index in [1.165, 1.54) is 55.7 Å². The van der Waals surface area contributed by atoms with Crippen LogP contribution in [-0.4, -0.2) is 12.9 Å². The second kappa shape index (κ2) is 9.34. The smallest absolute Gasteiger partial charge is 0.185 e. The van der Waals surface area contributed by atoms with Crippen LogP contribution in [0.4, 0.5) is 8.78 Å². The summed E-state index contributed by atoms with van der Waals surface area (Å²) in [7, 11) is 1.54. The lowest BCUT2D eigenvalue weighted by Gasteiger charge is -2.12. The Balaban J connectivity index is 1.75. The van der Waals surface area contributed by atoms with Gasteiger partial charge in [0.25, 0.3) is 0 Å². The molecule has 0 saturated heterocycles. The minimum absolute atomic E-state index is 0.141. The van der Waals surface area contributed by atoms with Crippen LogP contribution in [0.2, 0.25) is 5.02 Å². The SMILES string of the molecule is COc1ccc(/C=C/C(=O)c2ccc(F)cc2)cc1COc1ccc(F)cc1Cl. The predicted molar refractivity (Wildman–Crippen MR) is 109 cm³/mol. The maximum Gasteiger partial charge on any atom is 0.185 e. The number of hydrogen-bond donors (Lipinski definition) is 0. The number of allylic oxidation sites excluding steroid dienone is 1. The van der Waals surface area contributed by atoms with Crippen molar-refractivity contribution >= 4 is 23.5 Å². The summed E-state index contributed by atoms with van der Waals surface area (Å²) < 4.78 is 37.2. The molecule has 29 heavy (non-hydrogen) atoms. The highest BCUT2D eigenvalue weighted by Crippen LogP contribution is 2.28. The van der Waals surface area contributed by atoms with Gasteiger partial charge in [0.1, 0.15) is 29.7 Å². The Kier molecular flexibility index (Phi) is 6.62. The average Bonchev–Trinajstić information content (AvgIpc) is 2.72. The molecule has 0 amide bonds. The molecule has 0 saturated carbocycles. The molecule has 6 heteroatoms. The van der Waals surface area contributed by atoms with Gasteiger partial charge in [0.05, 0.1) is 12.1 Å². The molecule has 0 unspecified atom stereocenters. The molecule has 0 aliphatic rings. The molecule has 148 valence electrons. The lowest BCUT2D eigenvalue weighted by atomic mass is 10.1. The van der Waals surface area contributed by atoms with Crippen molar-refractivity contribution in [1.82, 2.24) is 0 Å². The third-order valence-electron chi connectivity index (χ3n) is 4.14. The Bertz CT molecular complexity index is 1050. The first-order valence-corrected chi connectivity index (χ1v) is 9.07. The Labute approximate surface area is 172 Å². The lowest BCUT2D eigenvalue weighted by molar-refractivity contribution is 0.104. The summed E-state index contributed by atoms with van der Waals surface area (Å²) in [6.07, 6.45) is 3.07. The van der Waals surface area contributed by atoms with Gasteiger partial charge in [-0.15, -0.1) is 0 Å². The van der Waals surface area contributed by atoms with E-state index in [1.54, 1.807) is 18.2 Å². The van der Waals surface area contributed by atoms with Crippen LogP contribution in [0.1, 0.15) is 21.5 Å². The van der Waals surface area contributed by atoms with Gasteiger partial charge in [-0.3, -0.25) is 4.79 Å². The molecule has 0 bridgehead atoms. The molecular weight excluding hydrogens is 398 g/mol. The largest absolute Gasteiger partial charge is 0.496 e. The highest BCUT2D eigenvalue weighted by atomic mass is 35.5. The standard InChI is InChI=1S/C23H17ClF2O3/c1-28-22-10-3-15(2-9-21(27)16-4-6-18(25)7-5-16)12-17(22)14-29-23-11-8-19(26)13-20(23)24/h2-13H,14H2,1H3/b9-2+. The quantitative estimate of drug-likeness (QED) is 0.346. The van der Waals surface area contributed by atoms with Gasteiger partial charge in [-0.05, 0) is 66.2 Å². The zero-order valence-electron chi connectivity index (χ0n) is 15.5. The van der Waals surface area contributed by atoms with E-state index in [-0.39, 0.29) is 17.4 Å². The predicted octanol–water partition coefficient (Wildman–Crippen LogP) is 6.10. The minimum atomic E-state index is -0.446. The van der Waals surface area contributed by atoms with Gasteiger partial charge in [-0.2, -0.15) is 0 Å². The van der Waals surface area contributed by atoms with Crippen LogP contribution >= 0.6 is 11.6 Å². The number of rotatable bonds is 7. The van der Waals surface area contributed by atoms with E-state index < -0.39 is 11.6 Å². The van der Waals surface area contributed by atoms with Crippen LogP contribution in [0.25, 0.3) is 6.08 Å². The van der Waals surface area contributed by atoms with E-state index in [9.17, 15) is 13.6 Å². The summed E-state index contributed by atoms with van der Waals surface area (Å²) in [5.74, 6) is -0.131. The Hall–Kier alpha value is -3.18. The summed E-state index contributed by atoms with van der Waals surface area (Å²) >= 11 is 5.98. The molecule has 3 nitrogen and oxygen atoms in total. The Morgan fingerprint density at radius 2 is 1.66 bits per heavy atom. The van der Waals surface area contributed by atoms with Crippen molar-refractivity contribution < 1.29 is 23.0 Å². The number of carbonyl (C=O) groups is 1. The van der Waals surface area contributed by atoms with Crippen LogP contribution in [-0.2, 0) is 6.61 Å². The first kappa shape index (κ1) is 20.6. The van der Waals surface area contributed by atoms with E-state index in [4.69, 9.17) is 21.1 Å². The van der Waals surface area contributed by atoms with E-state index in [0.717, 1.165) is 11.1 Å². The van der Waals surface area contributed by atoms with Crippen LogP contribution < -0.4 is 9.47 Å². The fraction of sp³-hybridized carbons (Fsp3) is 0.0870. The number of ketones is 1. The second-order valence-corrected chi connectivity index (χ2v) is 6.55. The molecule has 0 radical (unpaired) electrons. The van der Waals surface area contributed by atoms with E-state index in [0.29, 0.717) is 17.1 Å². The van der Waals surface area contributed by atoms with Crippen molar-refractivity contribution in [3.8, 4) is 11.5 Å². The van der Waals surface area contributed by atoms with Gasteiger partial charge in [0.2, 0.25) is 0 Å². The summed E-state index contributed by atoms with van der Waals surface area (Å²) in [6.45, 7) is 0.141. The van der Waals surface area contributed by atoms with Gasteiger partial charge in [-0.25, -0.2) is 8.78 Å². The summed E-state index contributed by atoms with van der Waals surface area (Å²) in [5.41, 5.74) is 1.88. The van der Waals surface area contributed by atoms with Gasteiger partial charge in [0, 0.05) is 11.1 Å². The third kappa shape index (κ3) is 5.42. The van der Waals surface area contributed by atoms with Crippen LogP contribution in [0, 0.1) is 11.6 Å². The zero-order chi connectivity index (χ0) is 20.8. The lowest BCUT2D eigenvalue weighted by Crippen LogP contribution is -2.00. The first-order chi connectivity index (χ1) is 14.0. The molecule has 0 aliphatic carbocycles. The number of carbonyl (C=O) groups excluding carboxylic acids is 1. The van der Waals surface area contributed by atoms with Crippen molar-refractivity contribution in [2.75, 3.05) is 7.11 Å². The number of ether oxygens (including phenoxy) is 2. The van der Waals surface area contributed by atoms with Crippen molar-refractivity contribution in [3.05, 3.63) is 100 Å². The van der Waals surface area contributed by atoms with E-state index in [2.05, 4.69) is 0 Å². The fourth-order valence-electron chi connectivity index (χ4n) is 2.65. The molecule has 3 aromatic rings. The Morgan fingerprint density at radius 3 is 2.34 bits per heavy atom. The summed E-state index contributed by atoms with van der Waals surface area (Å²) in [5, 5.41) is 0.171. The van der Waals surface area contributed by atoms with Crippen LogP contribution in [0.15, 0.2) is 66.7 Å². The monoisotopic (exact) mass is 414 g/mol. The number of hydrogen-bond acceptors (Lipinski definition) is 3.